The molecule has 6 nitrogen and oxygen atoms in total. The summed E-state index contributed by atoms with van der Waals surface area (Å²) in [5, 5.41) is 3.70. The number of carbonyl (C=O) groups excluding carboxylic acids is 1. The normalized spacial score (nSPS) is 10.3. The van der Waals surface area contributed by atoms with Gasteiger partial charge in [0.15, 0.2) is 0 Å². The fourth-order valence-corrected chi connectivity index (χ4v) is 1.19. The highest BCUT2D eigenvalue weighted by Crippen LogP contribution is 2.26. The van der Waals surface area contributed by atoms with Crippen molar-refractivity contribution in [2.45, 2.75) is 6.92 Å². The molecular weight excluding hydrogens is 246 g/mol. The van der Waals surface area contributed by atoms with Gasteiger partial charge in [-0.25, -0.2) is 9.78 Å². The molecule has 1 rings (SSSR count). The van der Waals surface area contributed by atoms with Gasteiger partial charge in [-0.3, -0.25) is 0 Å². The lowest BCUT2D eigenvalue weighted by atomic mass is 10.4. The second-order valence-corrected chi connectivity index (χ2v) is 3.11. The second kappa shape index (κ2) is 6.70. The van der Waals surface area contributed by atoms with Gasteiger partial charge in [0.1, 0.15) is 11.9 Å². The van der Waals surface area contributed by atoms with Crippen LogP contribution in [0.25, 0.3) is 0 Å². The van der Waals surface area contributed by atoms with Crippen molar-refractivity contribution < 1.29 is 14.3 Å². The molecule has 1 aromatic rings. The van der Waals surface area contributed by atoms with Crippen molar-refractivity contribution in [3.63, 3.8) is 0 Å². The number of methoxy groups -OCH3 is 1. The summed E-state index contributed by atoms with van der Waals surface area (Å²) in [7, 11) is 1.46. The summed E-state index contributed by atoms with van der Waals surface area (Å²) in [6.45, 7) is 1.98. The number of esters is 1. The molecule has 17 heavy (non-hydrogen) atoms. The number of hydrogen-bond acceptors (Lipinski definition) is 6. The minimum Gasteiger partial charge on any atom is -0.479 e. The first-order valence-corrected chi connectivity index (χ1v) is 5.18. The van der Waals surface area contributed by atoms with Crippen LogP contribution in [0.15, 0.2) is 23.4 Å². The lowest BCUT2D eigenvalue weighted by molar-refractivity contribution is -0.134. The molecule has 0 aliphatic heterocycles. The Balaban J connectivity index is 2.75. The van der Waals surface area contributed by atoms with E-state index in [4.69, 9.17) is 16.5 Å². The largest absolute Gasteiger partial charge is 0.479 e. The van der Waals surface area contributed by atoms with E-state index in [1.807, 2.05) is 0 Å². The molecule has 0 aliphatic carbocycles. The van der Waals surface area contributed by atoms with Crippen LogP contribution in [0.3, 0.4) is 0 Å². The van der Waals surface area contributed by atoms with Crippen LogP contribution in [-0.2, 0) is 9.53 Å². The number of nitrogens with zero attached hydrogens (tertiary/aromatic N) is 3. The van der Waals surface area contributed by atoms with Crippen LogP contribution in [0.4, 0.5) is 5.69 Å². The highest BCUT2D eigenvalue weighted by Gasteiger charge is 2.09. The Morgan fingerprint density at radius 1 is 1.71 bits per heavy atom. The van der Waals surface area contributed by atoms with Gasteiger partial charge < -0.3 is 9.47 Å². The average Bonchev–Trinajstić information content (AvgIpc) is 2.36. The van der Waals surface area contributed by atoms with Crippen LogP contribution in [0, 0.1) is 0 Å². The molecule has 7 heteroatoms. The molecule has 92 valence electrons. The summed E-state index contributed by atoms with van der Waals surface area (Å²) < 4.78 is 10.6. The molecule has 1 aromatic heterocycles. The summed E-state index contributed by atoms with van der Waals surface area (Å²) in [6, 6.07) is 3.33. The Labute approximate surface area is 104 Å². The Morgan fingerprint density at radius 3 is 3.12 bits per heavy atom. The van der Waals surface area contributed by atoms with Crippen LogP contribution in [0.5, 0.6) is 5.88 Å². The molecule has 0 saturated heterocycles. The van der Waals surface area contributed by atoms with Crippen LogP contribution in [0.1, 0.15) is 6.92 Å². The lowest BCUT2D eigenvalue weighted by Crippen LogP contribution is -2.10. The molecule has 0 aliphatic rings. The third kappa shape index (κ3) is 3.92. The Bertz CT molecular complexity index is 412. The van der Waals surface area contributed by atoms with Gasteiger partial charge in [-0.2, -0.15) is 9.63 Å². The van der Waals surface area contributed by atoms with Crippen molar-refractivity contribution in [1.29, 1.82) is 0 Å². The number of rotatable bonds is 5. The van der Waals surface area contributed by atoms with E-state index in [2.05, 4.69) is 14.8 Å². The maximum absolute atomic E-state index is 11.0. The highest BCUT2D eigenvalue weighted by atomic mass is 35.5. The van der Waals surface area contributed by atoms with E-state index >= 15 is 0 Å². The van der Waals surface area contributed by atoms with E-state index in [9.17, 15) is 4.79 Å². The third-order valence-electron chi connectivity index (χ3n) is 1.69. The van der Waals surface area contributed by atoms with E-state index in [-0.39, 0.29) is 6.61 Å². The fraction of sp³-hybridized carbons (Fsp3) is 0.300. The molecule has 0 atom stereocenters. The summed E-state index contributed by atoms with van der Waals surface area (Å²) in [4.78, 5) is 15.0. The van der Waals surface area contributed by atoms with E-state index in [0.717, 1.165) is 10.7 Å². The number of halogens is 1. The minimum absolute atomic E-state index is 0.281. The molecule has 0 radical (unpaired) electrons. The fourth-order valence-electron chi connectivity index (χ4n) is 1.02. The molecule has 0 bridgehead atoms. The van der Waals surface area contributed by atoms with Gasteiger partial charge >= 0.3 is 5.97 Å². The van der Waals surface area contributed by atoms with Gasteiger partial charge in [0.25, 0.3) is 0 Å². The van der Waals surface area contributed by atoms with Crippen LogP contribution in [0.2, 0.25) is 0 Å². The van der Waals surface area contributed by atoms with Gasteiger partial charge in [0.2, 0.25) is 5.88 Å². The average molecular weight is 258 g/mol. The van der Waals surface area contributed by atoms with Crippen molar-refractivity contribution in [2.75, 3.05) is 18.2 Å². The van der Waals surface area contributed by atoms with Crippen molar-refractivity contribution in [3.05, 3.63) is 18.3 Å². The number of anilines is 1. The summed E-state index contributed by atoms with van der Waals surface area (Å²) in [5.41, 5.74) is 0.428. The van der Waals surface area contributed by atoms with E-state index in [0.29, 0.717) is 11.6 Å². The molecule has 0 unspecified atom stereocenters. The maximum Gasteiger partial charge on any atom is 0.351 e. The van der Waals surface area contributed by atoms with Gasteiger partial charge in [-0.05, 0) is 19.1 Å². The zero-order chi connectivity index (χ0) is 12.7. The molecule has 0 fully saturated rings. The Morgan fingerprint density at radius 2 is 2.47 bits per heavy atom. The first-order valence-electron chi connectivity index (χ1n) is 4.84. The number of pyridine rings is 1. The quantitative estimate of drug-likeness (QED) is 0.347. The van der Waals surface area contributed by atoms with Gasteiger partial charge in [-0.1, -0.05) is 0 Å². The van der Waals surface area contributed by atoms with Gasteiger partial charge in [-0.15, -0.1) is 0 Å². The van der Waals surface area contributed by atoms with Crippen LogP contribution < -0.4 is 9.26 Å². The first kappa shape index (κ1) is 13.2. The van der Waals surface area contributed by atoms with Crippen molar-refractivity contribution in [2.24, 2.45) is 5.10 Å². The van der Waals surface area contributed by atoms with E-state index in [1.54, 1.807) is 25.3 Å². The molecule has 0 amide bonds. The van der Waals surface area contributed by atoms with Crippen molar-refractivity contribution in [1.82, 2.24) is 4.98 Å². The first-order chi connectivity index (χ1) is 8.19. The summed E-state index contributed by atoms with van der Waals surface area (Å²) >= 11 is 5.84. The standard InChI is InChI=1S/C10H12ClN3O3/c1-3-17-9(15)7-13-14(11)8-5-4-6-12-10(8)16-2/h4-7H,3H2,1-2H3. The maximum atomic E-state index is 11.0. The SMILES string of the molecule is CCOC(=O)C=NN(Cl)c1cccnc1OC. The number of hydrazone groups is 1. The van der Waals surface area contributed by atoms with Crippen molar-refractivity contribution in [3.8, 4) is 5.88 Å². The van der Waals surface area contributed by atoms with Gasteiger partial charge in [0, 0.05) is 18.0 Å². The topological polar surface area (TPSA) is 64.0 Å². The molecule has 0 aromatic carbocycles. The predicted molar refractivity (Wildman–Crippen MR) is 64.2 cm³/mol. The Kier molecular flexibility index (Phi) is 5.22. The predicted octanol–water partition coefficient (Wildman–Crippen LogP) is 1.60. The monoisotopic (exact) mass is 257 g/mol. The Hall–Kier alpha value is -1.82. The zero-order valence-electron chi connectivity index (χ0n) is 9.46. The number of carbonyl (C=O) groups is 1. The third-order valence-corrected chi connectivity index (χ3v) is 1.96. The molecule has 0 saturated carbocycles. The smallest absolute Gasteiger partial charge is 0.351 e. The van der Waals surface area contributed by atoms with Gasteiger partial charge in [0.05, 0.1) is 13.7 Å². The summed E-state index contributed by atoms with van der Waals surface area (Å²) in [5.74, 6) is -0.260. The zero-order valence-corrected chi connectivity index (χ0v) is 10.2. The number of ether oxygens (including phenoxy) is 2. The molecule has 1 heterocycles. The highest BCUT2D eigenvalue weighted by molar-refractivity contribution is 6.28. The lowest BCUT2D eigenvalue weighted by Gasteiger charge is -2.11. The second-order valence-electron chi connectivity index (χ2n) is 2.79. The molecule has 0 spiro atoms. The van der Waals surface area contributed by atoms with Crippen LogP contribution >= 0.6 is 11.8 Å². The van der Waals surface area contributed by atoms with E-state index in [1.165, 1.54) is 7.11 Å². The molecule has 0 N–H and O–H groups in total. The summed E-state index contributed by atoms with van der Waals surface area (Å²) in [6.07, 6.45) is 2.53. The van der Waals surface area contributed by atoms with Crippen molar-refractivity contribution >= 4 is 29.6 Å². The number of hydrogen-bond donors (Lipinski definition) is 0. The number of aromatic nitrogens is 1. The van der Waals surface area contributed by atoms with E-state index < -0.39 is 5.97 Å². The van der Waals surface area contributed by atoms with Crippen LogP contribution in [-0.4, -0.2) is 30.9 Å². The molecular formula is C10H12ClN3O3. The minimum atomic E-state index is -0.569.